The van der Waals surface area contributed by atoms with Gasteiger partial charge in [-0.2, -0.15) is 0 Å². The summed E-state index contributed by atoms with van der Waals surface area (Å²) in [4.78, 5) is 25.6. The summed E-state index contributed by atoms with van der Waals surface area (Å²) in [6.45, 7) is 1.53. The smallest absolute Gasteiger partial charge is 0.310 e. The van der Waals surface area contributed by atoms with Crippen molar-refractivity contribution in [2.45, 2.75) is 31.1 Å². The lowest BCUT2D eigenvalue weighted by molar-refractivity contribution is -0.148. The van der Waals surface area contributed by atoms with E-state index in [4.69, 9.17) is 4.74 Å². The summed E-state index contributed by atoms with van der Waals surface area (Å²) in [5.74, 6) is -2.61. The van der Waals surface area contributed by atoms with Crippen molar-refractivity contribution in [2.75, 3.05) is 12.9 Å². The predicted octanol–water partition coefficient (Wildman–Crippen LogP) is 4.74. The van der Waals surface area contributed by atoms with Crippen molar-refractivity contribution in [3.05, 3.63) is 83.2 Å². The Morgan fingerprint density at radius 3 is 2.26 bits per heavy atom. The number of carbonyl (C=O) groups excluding carboxylic acids is 1. The minimum atomic E-state index is -3.51. The van der Waals surface area contributed by atoms with Crippen LogP contribution in [0.25, 0.3) is 11.1 Å². The van der Waals surface area contributed by atoms with Gasteiger partial charge in [-0.1, -0.05) is 43.3 Å². The molecule has 1 N–H and O–H groups in total. The molecule has 35 heavy (non-hydrogen) atoms. The number of rotatable bonds is 8. The number of benzene rings is 3. The minimum absolute atomic E-state index is 0.00127. The average molecular weight is 497 g/mol. The van der Waals surface area contributed by atoms with Crippen LogP contribution in [0.1, 0.15) is 34.8 Å². The number of methoxy groups -OCH3 is 1. The van der Waals surface area contributed by atoms with Gasteiger partial charge >= 0.3 is 5.97 Å². The Kier molecular flexibility index (Phi) is 6.51. The van der Waals surface area contributed by atoms with Gasteiger partial charge in [-0.3, -0.25) is 9.59 Å². The lowest BCUT2D eigenvalue weighted by atomic mass is 9.78. The molecule has 0 saturated heterocycles. The van der Waals surface area contributed by atoms with Gasteiger partial charge < -0.3 is 9.84 Å². The van der Waals surface area contributed by atoms with Crippen LogP contribution in [-0.2, 0) is 27.5 Å². The Hall–Kier alpha value is -3.52. The topological polar surface area (TPSA) is 97.7 Å². The molecule has 0 aliphatic heterocycles. The Balaban J connectivity index is 1.74. The van der Waals surface area contributed by atoms with Gasteiger partial charge in [0.15, 0.2) is 27.2 Å². The molecule has 0 radical (unpaired) electrons. The number of hydrogen-bond donors (Lipinski definition) is 1. The molecule has 0 bridgehead atoms. The average Bonchev–Trinajstić information content (AvgIpc) is 3.23. The highest BCUT2D eigenvalue weighted by Gasteiger charge is 2.45. The van der Waals surface area contributed by atoms with E-state index in [1.165, 1.54) is 32.2 Å². The zero-order chi connectivity index (χ0) is 25.4. The number of carboxylic acid groups (broad SMARTS) is 1. The van der Waals surface area contributed by atoms with Gasteiger partial charge in [-0.25, -0.2) is 12.8 Å². The first-order valence-electron chi connectivity index (χ1n) is 11.1. The summed E-state index contributed by atoms with van der Waals surface area (Å²) in [6, 6.07) is 15.8. The van der Waals surface area contributed by atoms with E-state index in [1.54, 1.807) is 12.1 Å². The third kappa shape index (κ3) is 4.58. The van der Waals surface area contributed by atoms with Gasteiger partial charge in [0.05, 0.1) is 23.2 Å². The fourth-order valence-corrected chi connectivity index (χ4v) is 5.58. The van der Waals surface area contributed by atoms with Crippen molar-refractivity contribution < 1.29 is 32.2 Å². The highest BCUT2D eigenvalue weighted by Crippen LogP contribution is 2.42. The highest BCUT2D eigenvalue weighted by atomic mass is 32.2. The zero-order valence-corrected chi connectivity index (χ0v) is 20.2. The molecular formula is C27H25FO6S. The lowest BCUT2D eigenvalue weighted by Gasteiger charge is -2.23. The number of hydrogen-bond acceptors (Lipinski definition) is 5. The van der Waals surface area contributed by atoms with E-state index in [0.29, 0.717) is 5.56 Å². The first kappa shape index (κ1) is 24.6. The fraction of sp³-hybridized carbons (Fsp3) is 0.259. The first-order chi connectivity index (χ1) is 16.6. The van der Waals surface area contributed by atoms with Gasteiger partial charge in [0.2, 0.25) is 0 Å². The third-order valence-corrected chi connectivity index (χ3v) is 8.31. The Morgan fingerprint density at radius 1 is 1.03 bits per heavy atom. The molecule has 0 heterocycles. The molecule has 0 atom stereocenters. The standard InChI is InChI=1S/C27H25FO6S/c1-3-35(32,33)21-10-6-9-17(11-21)22-12-20(13-23(28)25(22)34-2)24(29)16-27(26(30)31)14-18-7-4-5-8-19(18)15-27/h4-13H,3,14-16H2,1-2H3,(H,30,31). The van der Waals surface area contributed by atoms with Gasteiger partial charge in [0.25, 0.3) is 0 Å². The molecule has 0 unspecified atom stereocenters. The van der Waals surface area contributed by atoms with E-state index in [-0.39, 0.29) is 46.8 Å². The van der Waals surface area contributed by atoms with E-state index in [2.05, 4.69) is 0 Å². The molecule has 0 spiro atoms. The molecule has 0 fully saturated rings. The van der Waals surface area contributed by atoms with Crippen LogP contribution in [0.15, 0.2) is 65.6 Å². The molecule has 6 nitrogen and oxygen atoms in total. The summed E-state index contributed by atoms with van der Waals surface area (Å²) >= 11 is 0. The molecule has 182 valence electrons. The Labute approximate surface area is 203 Å². The van der Waals surface area contributed by atoms with Crippen LogP contribution in [0.2, 0.25) is 0 Å². The number of ether oxygens (including phenoxy) is 1. The van der Waals surface area contributed by atoms with E-state index >= 15 is 4.39 Å². The predicted molar refractivity (Wildman–Crippen MR) is 129 cm³/mol. The van der Waals surface area contributed by atoms with Crippen LogP contribution in [0.3, 0.4) is 0 Å². The van der Waals surface area contributed by atoms with Crippen LogP contribution in [0.4, 0.5) is 4.39 Å². The number of carbonyl (C=O) groups is 2. The summed E-state index contributed by atoms with van der Waals surface area (Å²) in [7, 11) is -2.23. The Morgan fingerprint density at radius 2 is 1.69 bits per heavy atom. The van der Waals surface area contributed by atoms with Crippen molar-refractivity contribution in [2.24, 2.45) is 5.41 Å². The van der Waals surface area contributed by atoms with E-state index in [1.807, 2.05) is 24.3 Å². The summed E-state index contributed by atoms with van der Waals surface area (Å²) in [5, 5.41) is 10.0. The second-order valence-corrected chi connectivity index (χ2v) is 11.1. The van der Waals surface area contributed by atoms with Gasteiger partial charge in [-0.15, -0.1) is 0 Å². The summed E-state index contributed by atoms with van der Waals surface area (Å²) < 4.78 is 45.0. The lowest BCUT2D eigenvalue weighted by Crippen LogP contribution is -2.34. The van der Waals surface area contributed by atoms with Gasteiger partial charge in [0, 0.05) is 17.5 Å². The number of sulfone groups is 1. The summed E-state index contributed by atoms with van der Waals surface area (Å²) in [6.07, 6.45) is 0.131. The maximum absolute atomic E-state index is 15.0. The molecule has 3 aromatic rings. The van der Waals surface area contributed by atoms with E-state index in [0.717, 1.165) is 17.2 Å². The number of ketones is 1. The van der Waals surface area contributed by atoms with Gasteiger partial charge in [0.1, 0.15) is 0 Å². The molecule has 8 heteroatoms. The maximum Gasteiger partial charge on any atom is 0.310 e. The SMILES string of the molecule is CCS(=O)(=O)c1cccc(-c2cc(C(=O)CC3(C(=O)O)Cc4ccccc4C3)cc(F)c2OC)c1. The first-order valence-corrected chi connectivity index (χ1v) is 12.8. The van der Waals surface area contributed by atoms with Crippen molar-refractivity contribution in [3.63, 3.8) is 0 Å². The van der Waals surface area contributed by atoms with Crippen LogP contribution >= 0.6 is 0 Å². The largest absolute Gasteiger partial charge is 0.493 e. The molecular weight excluding hydrogens is 471 g/mol. The zero-order valence-electron chi connectivity index (χ0n) is 19.4. The molecule has 4 rings (SSSR count). The third-order valence-electron chi connectivity index (χ3n) is 6.58. The van der Waals surface area contributed by atoms with Crippen LogP contribution in [-0.4, -0.2) is 38.1 Å². The fourth-order valence-electron chi connectivity index (χ4n) is 4.66. The Bertz CT molecular complexity index is 1400. The molecule has 3 aromatic carbocycles. The number of carboxylic acids is 1. The molecule has 0 amide bonds. The number of halogens is 1. The molecule has 1 aliphatic rings. The molecule has 1 aliphatic carbocycles. The highest BCUT2D eigenvalue weighted by molar-refractivity contribution is 7.91. The van der Waals surface area contributed by atoms with Crippen molar-refractivity contribution in [1.29, 1.82) is 0 Å². The van der Waals surface area contributed by atoms with Crippen LogP contribution in [0, 0.1) is 11.2 Å². The van der Waals surface area contributed by atoms with Crippen LogP contribution < -0.4 is 4.74 Å². The number of aliphatic carboxylic acids is 1. The van der Waals surface area contributed by atoms with Crippen molar-refractivity contribution in [3.8, 4) is 16.9 Å². The minimum Gasteiger partial charge on any atom is -0.493 e. The monoisotopic (exact) mass is 496 g/mol. The summed E-state index contributed by atoms with van der Waals surface area (Å²) in [5.41, 5.74) is 1.04. The maximum atomic E-state index is 15.0. The number of fused-ring (bicyclic) bond motifs is 1. The van der Waals surface area contributed by atoms with Crippen LogP contribution in [0.5, 0.6) is 5.75 Å². The second kappa shape index (κ2) is 9.26. The second-order valence-electron chi connectivity index (χ2n) is 8.78. The van der Waals surface area contributed by atoms with Crippen molar-refractivity contribution >= 4 is 21.6 Å². The normalized spacial score (nSPS) is 14.4. The molecule has 0 aromatic heterocycles. The number of Topliss-reactive ketones (excluding diaryl/α,β-unsaturated/α-hetero) is 1. The van der Waals surface area contributed by atoms with Gasteiger partial charge in [-0.05, 0) is 53.8 Å². The van der Waals surface area contributed by atoms with E-state index < -0.39 is 32.8 Å². The van der Waals surface area contributed by atoms with Crippen molar-refractivity contribution in [1.82, 2.24) is 0 Å². The molecule has 0 saturated carbocycles. The van der Waals surface area contributed by atoms with E-state index in [9.17, 15) is 23.1 Å². The quantitative estimate of drug-likeness (QED) is 0.453.